The zero-order valence-corrected chi connectivity index (χ0v) is 20.0. The van der Waals surface area contributed by atoms with Crippen LogP contribution in [0.15, 0.2) is 55.3 Å². The van der Waals surface area contributed by atoms with E-state index in [1.54, 1.807) is 50.6 Å². The molecule has 1 aliphatic heterocycles. The first-order valence-corrected chi connectivity index (χ1v) is 10.8. The van der Waals surface area contributed by atoms with Gasteiger partial charge in [0.2, 0.25) is 11.9 Å². The Morgan fingerprint density at radius 1 is 1.11 bits per heavy atom. The summed E-state index contributed by atoms with van der Waals surface area (Å²) < 4.78 is 10.7. The van der Waals surface area contributed by atoms with Crippen molar-refractivity contribution in [1.29, 1.82) is 0 Å². The molecule has 0 saturated heterocycles. The number of hydrogen-bond acceptors (Lipinski definition) is 7. The Morgan fingerprint density at radius 3 is 2.49 bits per heavy atom. The van der Waals surface area contributed by atoms with Crippen LogP contribution in [0.25, 0.3) is 0 Å². The number of amides is 3. The standard InChI is InChI=1S/C25H26N6O4/c1-6-22(32)27-21-9-15(2)7-8-20(21)28-24-26-13-16-14-31(25(33)30(3)23(16)29-24)17-10-18(34-4)12-19(11-17)35-5/h6-13H,1,14H2,2-5H3,(H,27,32)(H,26,28,29). The number of hydrogen-bond donors (Lipinski definition) is 2. The van der Waals surface area contributed by atoms with Crippen molar-refractivity contribution in [3.05, 3.63) is 66.4 Å². The van der Waals surface area contributed by atoms with E-state index < -0.39 is 0 Å². The molecular weight excluding hydrogens is 448 g/mol. The Morgan fingerprint density at radius 2 is 1.83 bits per heavy atom. The molecule has 0 saturated carbocycles. The summed E-state index contributed by atoms with van der Waals surface area (Å²) in [7, 11) is 4.77. The largest absolute Gasteiger partial charge is 0.497 e. The minimum Gasteiger partial charge on any atom is -0.497 e. The van der Waals surface area contributed by atoms with Crippen molar-refractivity contribution in [2.75, 3.05) is 41.7 Å². The fourth-order valence-corrected chi connectivity index (χ4v) is 3.69. The summed E-state index contributed by atoms with van der Waals surface area (Å²) in [5.41, 5.74) is 3.55. The van der Waals surface area contributed by atoms with E-state index in [1.165, 1.54) is 11.0 Å². The molecule has 35 heavy (non-hydrogen) atoms. The summed E-state index contributed by atoms with van der Waals surface area (Å²) in [6.45, 7) is 5.69. The van der Waals surface area contributed by atoms with Gasteiger partial charge in [-0.25, -0.2) is 9.78 Å². The van der Waals surface area contributed by atoms with Crippen LogP contribution in [0.3, 0.4) is 0 Å². The Balaban J connectivity index is 1.63. The van der Waals surface area contributed by atoms with E-state index in [4.69, 9.17) is 9.47 Å². The highest BCUT2D eigenvalue weighted by atomic mass is 16.5. The SMILES string of the molecule is C=CC(=O)Nc1cc(C)ccc1Nc1ncc2c(n1)N(C)C(=O)N(c1cc(OC)cc(OC)c1)C2. The van der Waals surface area contributed by atoms with Gasteiger partial charge in [-0.3, -0.25) is 14.6 Å². The maximum atomic E-state index is 13.2. The number of fused-ring (bicyclic) bond motifs is 1. The maximum absolute atomic E-state index is 13.2. The van der Waals surface area contributed by atoms with Crippen LogP contribution >= 0.6 is 0 Å². The third-order valence-corrected chi connectivity index (χ3v) is 5.52. The number of aromatic nitrogens is 2. The molecule has 180 valence electrons. The van der Waals surface area contributed by atoms with Crippen LogP contribution < -0.4 is 29.9 Å². The zero-order valence-electron chi connectivity index (χ0n) is 20.0. The molecule has 1 aromatic heterocycles. The predicted molar refractivity (Wildman–Crippen MR) is 135 cm³/mol. The number of benzene rings is 2. The van der Waals surface area contributed by atoms with Crippen LogP contribution in [-0.2, 0) is 11.3 Å². The normalized spacial score (nSPS) is 12.6. The van der Waals surface area contributed by atoms with Gasteiger partial charge in [0, 0.05) is 37.0 Å². The summed E-state index contributed by atoms with van der Waals surface area (Å²) in [5, 5.41) is 5.91. The minimum absolute atomic E-state index is 0.258. The molecule has 0 bridgehead atoms. The smallest absolute Gasteiger partial charge is 0.330 e. The zero-order chi connectivity index (χ0) is 25.1. The maximum Gasteiger partial charge on any atom is 0.330 e. The van der Waals surface area contributed by atoms with E-state index in [1.807, 2.05) is 25.1 Å². The van der Waals surface area contributed by atoms with Gasteiger partial charge in [-0.2, -0.15) is 4.98 Å². The first kappa shape index (κ1) is 23.6. The highest BCUT2D eigenvalue weighted by molar-refractivity contribution is 6.05. The number of ether oxygens (including phenoxy) is 2. The molecule has 10 nitrogen and oxygen atoms in total. The van der Waals surface area contributed by atoms with Crippen molar-refractivity contribution in [1.82, 2.24) is 9.97 Å². The lowest BCUT2D eigenvalue weighted by atomic mass is 10.2. The van der Waals surface area contributed by atoms with Gasteiger partial charge in [0.15, 0.2) is 0 Å². The number of carbonyl (C=O) groups excluding carboxylic acids is 2. The van der Waals surface area contributed by atoms with Crippen molar-refractivity contribution in [3.8, 4) is 11.5 Å². The van der Waals surface area contributed by atoms with Crippen LogP contribution in [0.4, 0.5) is 33.6 Å². The highest BCUT2D eigenvalue weighted by Gasteiger charge is 2.31. The van der Waals surface area contributed by atoms with E-state index in [9.17, 15) is 9.59 Å². The Hall–Kier alpha value is -4.60. The number of nitrogens with one attached hydrogen (secondary N) is 2. The van der Waals surface area contributed by atoms with Gasteiger partial charge in [-0.05, 0) is 30.7 Å². The number of rotatable bonds is 7. The number of aryl methyl sites for hydroxylation is 1. The molecule has 0 atom stereocenters. The van der Waals surface area contributed by atoms with Gasteiger partial charge in [-0.1, -0.05) is 12.6 Å². The monoisotopic (exact) mass is 474 g/mol. The second kappa shape index (κ2) is 9.72. The molecule has 1 aliphatic rings. The fourth-order valence-electron chi connectivity index (χ4n) is 3.69. The van der Waals surface area contributed by atoms with Crippen LogP contribution in [0.2, 0.25) is 0 Å². The van der Waals surface area contributed by atoms with Gasteiger partial charge in [0.1, 0.15) is 17.3 Å². The molecule has 2 N–H and O–H groups in total. The summed E-state index contributed by atoms with van der Waals surface area (Å²) in [4.78, 5) is 37.2. The molecule has 4 rings (SSSR count). The first-order valence-electron chi connectivity index (χ1n) is 10.8. The van der Waals surface area contributed by atoms with E-state index in [0.717, 1.165) is 11.1 Å². The second-order valence-electron chi connectivity index (χ2n) is 7.91. The van der Waals surface area contributed by atoms with Gasteiger partial charge >= 0.3 is 6.03 Å². The predicted octanol–water partition coefficient (Wildman–Crippen LogP) is 4.25. The average Bonchev–Trinajstić information content (AvgIpc) is 2.87. The number of nitrogens with zero attached hydrogens (tertiary/aromatic N) is 4. The van der Waals surface area contributed by atoms with Crippen LogP contribution in [0, 0.1) is 6.92 Å². The number of urea groups is 1. The topological polar surface area (TPSA) is 109 Å². The third kappa shape index (κ3) is 4.86. The van der Waals surface area contributed by atoms with Gasteiger partial charge < -0.3 is 20.1 Å². The van der Waals surface area contributed by atoms with Crippen molar-refractivity contribution in [3.63, 3.8) is 0 Å². The Labute approximate surface area is 203 Å². The van der Waals surface area contributed by atoms with Crippen molar-refractivity contribution in [2.24, 2.45) is 0 Å². The molecule has 0 radical (unpaired) electrons. The molecule has 2 aromatic carbocycles. The molecule has 3 amide bonds. The molecule has 0 unspecified atom stereocenters. The number of carbonyl (C=O) groups is 2. The molecule has 0 aliphatic carbocycles. The van der Waals surface area contributed by atoms with Crippen molar-refractivity contribution in [2.45, 2.75) is 13.5 Å². The summed E-state index contributed by atoms with van der Waals surface area (Å²) in [6.07, 6.45) is 2.87. The van der Waals surface area contributed by atoms with E-state index in [-0.39, 0.29) is 24.4 Å². The van der Waals surface area contributed by atoms with E-state index >= 15 is 0 Å². The van der Waals surface area contributed by atoms with Crippen molar-refractivity contribution < 1.29 is 19.1 Å². The van der Waals surface area contributed by atoms with Gasteiger partial charge in [-0.15, -0.1) is 0 Å². The quantitative estimate of drug-likeness (QED) is 0.493. The third-order valence-electron chi connectivity index (χ3n) is 5.52. The summed E-state index contributed by atoms with van der Waals surface area (Å²) in [5.74, 6) is 1.60. The second-order valence-corrected chi connectivity index (χ2v) is 7.91. The summed E-state index contributed by atoms with van der Waals surface area (Å²) >= 11 is 0. The van der Waals surface area contributed by atoms with Crippen molar-refractivity contribution >= 4 is 40.8 Å². The summed E-state index contributed by atoms with van der Waals surface area (Å²) in [6, 6.07) is 10.6. The molecule has 0 spiro atoms. The van der Waals surface area contributed by atoms with Gasteiger partial charge in [0.25, 0.3) is 0 Å². The molecule has 0 fully saturated rings. The van der Waals surface area contributed by atoms with E-state index in [0.29, 0.717) is 34.4 Å². The molecular formula is C25H26N6O4. The fraction of sp³-hybridized carbons (Fsp3) is 0.200. The average molecular weight is 475 g/mol. The van der Waals surface area contributed by atoms with Crippen LogP contribution in [0.5, 0.6) is 11.5 Å². The first-order chi connectivity index (χ1) is 16.8. The molecule has 10 heteroatoms. The van der Waals surface area contributed by atoms with Gasteiger partial charge in [0.05, 0.1) is 37.8 Å². The lowest BCUT2D eigenvalue weighted by molar-refractivity contribution is -0.111. The lowest BCUT2D eigenvalue weighted by Gasteiger charge is -2.34. The molecule has 2 heterocycles. The van der Waals surface area contributed by atoms with Crippen LogP contribution in [-0.4, -0.2) is 43.2 Å². The minimum atomic E-state index is -0.329. The van der Waals surface area contributed by atoms with E-state index in [2.05, 4.69) is 27.2 Å². The number of anilines is 5. The Kier molecular flexibility index (Phi) is 6.54. The lowest BCUT2D eigenvalue weighted by Crippen LogP contribution is -2.46. The molecule has 3 aromatic rings. The van der Waals surface area contributed by atoms with Crippen LogP contribution in [0.1, 0.15) is 11.1 Å². The Bertz CT molecular complexity index is 1290. The number of methoxy groups -OCH3 is 2. The highest BCUT2D eigenvalue weighted by Crippen LogP contribution is 2.35.